The van der Waals surface area contributed by atoms with Crippen molar-refractivity contribution >= 4 is 10.8 Å². The summed E-state index contributed by atoms with van der Waals surface area (Å²) in [6.07, 6.45) is 8.04. The molecule has 0 aliphatic carbocycles. The Morgan fingerprint density at radius 2 is 1.80 bits per heavy atom. The maximum absolute atomic E-state index is 4.03. The van der Waals surface area contributed by atoms with Crippen LogP contribution in [0.15, 0.2) is 79.4 Å². The molecule has 5 heteroatoms. The predicted octanol–water partition coefficient (Wildman–Crippen LogP) is -0.892. The van der Waals surface area contributed by atoms with Gasteiger partial charge in [0.15, 0.2) is 0 Å². The largest absolute Gasteiger partial charge is 4.00 e. The minimum Gasteiger partial charge on any atom is -1.00 e. The number of nitrogens with zero attached hydrogens (tertiary/aromatic N) is 2. The number of fused-ring (bicyclic) bond motifs is 1. The molecule has 0 saturated heterocycles. The fraction of sp³-hybridized carbons (Fsp3) is 0.150. The Morgan fingerprint density at radius 1 is 1.08 bits per heavy atom. The molecule has 0 radical (unpaired) electrons. The molecule has 0 amide bonds. The second-order valence-electron chi connectivity index (χ2n) is 5.36. The van der Waals surface area contributed by atoms with Gasteiger partial charge in [-0.25, -0.2) is 17.1 Å². The average molecular weight is 451 g/mol. The van der Waals surface area contributed by atoms with Gasteiger partial charge in [0.2, 0.25) is 0 Å². The Hall–Kier alpha value is -1.15. The zero-order chi connectivity index (χ0) is 15.2. The second kappa shape index (κ2) is 12.2. The molecule has 1 heterocycles. The second-order valence-corrected chi connectivity index (χ2v) is 5.36. The van der Waals surface area contributed by atoms with E-state index in [1.165, 1.54) is 34.9 Å². The molecule has 4 aromatic rings. The molecule has 0 aliphatic heterocycles. The monoisotopic (exact) mass is 448 g/mol. The van der Waals surface area contributed by atoms with Crippen LogP contribution in [0.1, 0.15) is 18.9 Å². The van der Waals surface area contributed by atoms with Gasteiger partial charge in [0.1, 0.15) is 0 Å². The summed E-state index contributed by atoms with van der Waals surface area (Å²) >= 11 is 0. The van der Waals surface area contributed by atoms with Gasteiger partial charge in [-0.3, -0.25) is 0 Å². The molecule has 4 rings (SSSR count). The van der Waals surface area contributed by atoms with E-state index in [1.807, 2.05) is 17.1 Å². The fourth-order valence-corrected chi connectivity index (χ4v) is 2.56. The molecule has 0 spiro atoms. The summed E-state index contributed by atoms with van der Waals surface area (Å²) < 4.78 is 2.01. The van der Waals surface area contributed by atoms with Gasteiger partial charge in [-0.2, -0.15) is 17.7 Å². The minimum absolute atomic E-state index is 0. The van der Waals surface area contributed by atoms with E-state index in [2.05, 4.69) is 72.6 Å². The summed E-state index contributed by atoms with van der Waals surface area (Å²) in [5.41, 5.74) is 2.64. The van der Waals surface area contributed by atoms with Crippen molar-refractivity contribution in [2.45, 2.75) is 19.8 Å². The number of aromatic nitrogens is 2. The van der Waals surface area contributed by atoms with Crippen LogP contribution in [0, 0.1) is 0 Å². The molecular weight excluding hydrogens is 430 g/mol. The Morgan fingerprint density at radius 3 is 2.40 bits per heavy atom. The summed E-state index contributed by atoms with van der Waals surface area (Å²) in [6.45, 7) is 2.20. The molecule has 0 saturated carbocycles. The fourth-order valence-electron chi connectivity index (χ4n) is 2.56. The van der Waals surface area contributed by atoms with Crippen LogP contribution in [0.2, 0.25) is 0 Å². The van der Waals surface area contributed by atoms with E-state index in [1.54, 1.807) is 6.20 Å². The molecule has 0 unspecified atom stereocenters. The molecule has 2 nitrogen and oxygen atoms in total. The van der Waals surface area contributed by atoms with E-state index in [-0.39, 0.29) is 51.0 Å². The van der Waals surface area contributed by atoms with Crippen LogP contribution in [0.3, 0.4) is 0 Å². The SMILES string of the molecule is CCC[c-]1cccc1.[Cl-].[Cl-].[Zr+4].c1ccc2[cH-]c(-n3ccnc3)cc2c1. The first-order valence-corrected chi connectivity index (χ1v) is 7.71. The van der Waals surface area contributed by atoms with Crippen LogP contribution in [-0.2, 0) is 32.6 Å². The first kappa shape index (κ1) is 23.9. The van der Waals surface area contributed by atoms with Crippen LogP contribution < -0.4 is 24.8 Å². The standard InChI is InChI=1S/C12H9N2.C8H11.2ClH.Zr/c1-2-4-11-8-12(7-10(11)3-1)14-6-5-13-9-14;1-2-5-8-6-3-4-7-8;;;/h1-9H;3-4,6-7H,2,5H2,1H3;2*1H;/q2*-1;;;+4/p-2. The third kappa shape index (κ3) is 6.58. The molecule has 0 atom stereocenters. The molecule has 3 aromatic carbocycles. The van der Waals surface area contributed by atoms with Gasteiger partial charge in [-0.05, 0) is 5.69 Å². The number of hydrogen-bond acceptors (Lipinski definition) is 1. The van der Waals surface area contributed by atoms with Crippen LogP contribution >= 0.6 is 0 Å². The van der Waals surface area contributed by atoms with Gasteiger partial charge in [0, 0.05) is 12.4 Å². The number of imidazole rings is 1. The zero-order valence-corrected chi connectivity index (χ0v) is 18.0. The average Bonchev–Trinajstić information content (AvgIpc) is 3.29. The molecule has 128 valence electrons. The van der Waals surface area contributed by atoms with Gasteiger partial charge in [0.05, 0.1) is 6.33 Å². The van der Waals surface area contributed by atoms with Crippen molar-refractivity contribution < 1.29 is 51.0 Å². The van der Waals surface area contributed by atoms with Crippen molar-refractivity contribution in [2.24, 2.45) is 0 Å². The number of rotatable bonds is 3. The van der Waals surface area contributed by atoms with E-state index in [4.69, 9.17) is 0 Å². The first-order valence-electron chi connectivity index (χ1n) is 7.71. The molecule has 0 aliphatic rings. The Bertz CT molecular complexity index is 772. The van der Waals surface area contributed by atoms with Gasteiger partial charge < -0.3 is 29.4 Å². The molecule has 0 bridgehead atoms. The van der Waals surface area contributed by atoms with Gasteiger partial charge in [0.25, 0.3) is 0 Å². The summed E-state index contributed by atoms with van der Waals surface area (Å²) in [7, 11) is 0. The Labute approximate surface area is 181 Å². The smallest absolute Gasteiger partial charge is 1.00 e. The summed E-state index contributed by atoms with van der Waals surface area (Å²) in [4.78, 5) is 4.03. The van der Waals surface area contributed by atoms with Crippen molar-refractivity contribution in [1.82, 2.24) is 9.55 Å². The van der Waals surface area contributed by atoms with Crippen molar-refractivity contribution in [3.63, 3.8) is 0 Å². The molecule has 0 fully saturated rings. The van der Waals surface area contributed by atoms with Crippen molar-refractivity contribution in [2.75, 3.05) is 0 Å². The Kier molecular flexibility index (Phi) is 11.7. The van der Waals surface area contributed by atoms with Gasteiger partial charge >= 0.3 is 26.2 Å². The van der Waals surface area contributed by atoms with E-state index < -0.39 is 0 Å². The number of halogens is 2. The van der Waals surface area contributed by atoms with Crippen LogP contribution in [0.5, 0.6) is 0 Å². The van der Waals surface area contributed by atoms with Gasteiger partial charge in [-0.1, -0.05) is 25.8 Å². The molecular formula is C20H20Cl2N2Zr. The van der Waals surface area contributed by atoms with Crippen molar-refractivity contribution in [3.05, 3.63) is 84.9 Å². The maximum Gasteiger partial charge on any atom is 4.00 e. The quantitative estimate of drug-likeness (QED) is 0.371. The van der Waals surface area contributed by atoms with E-state index >= 15 is 0 Å². The molecule has 1 aromatic heterocycles. The normalized spacial score (nSPS) is 9.16. The van der Waals surface area contributed by atoms with Crippen LogP contribution in [0.4, 0.5) is 0 Å². The number of aryl methyl sites for hydroxylation is 1. The van der Waals surface area contributed by atoms with Crippen molar-refractivity contribution in [1.29, 1.82) is 0 Å². The molecule has 0 N–H and O–H groups in total. The number of benzene rings is 1. The zero-order valence-electron chi connectivity index (χ0n) is 14.1. The van der Waals surface area contributed by atoms with Crippen molar-refractivity contribution in [3.8, 4) is 5.69 Å². The van der Waals surface area contributed by atoms with Gasteiger partial charge in [-0.15, -0.1) is 41.1 Å². The first-order chi connectivity index (χ1) is 10.9. The molecule has 25 heavy (non-hydrogen) atoms. The van der Waals surface area contributed by atoms with E-state index in [0.29, 0.717) is 0 Å². The van der Waals surface area contributed by atoms with E-state index in [9.17, 15) is 0 Å². The summed E-state index contributed by atoms with van der Waals surface area (Å²) in [5, 5.41) is 2.55. The van der Waals surface area contributed by atoms with Crippen LogP contribution in [-0.4, -0.2) is 9.55 Å². The third-order valence-corrected chi connectivity index (χ3v) is 3.68. The summed E-state index contributed by atoms with van der Waals surface area (Å²) in [5.74, 6) is 0. The number of hydrogen-bond donors (Lipinski definition) is 0. The third-order valence-electron chi connectivity index (χ3n) is 3.68. The maximum atomic E-state index is 4.03. The summed E-state index contributed by atoms with van der Waals surface area (Å²) in [6, 6.07) is 21.2. The minimum atomic E-state index is 0. The van der Waals surface area contributed by atoms with E-state index in [0.717, 1.165) is 0 Å². The Balaban J connectivity index is 0.000000462. The topological polar surface area (TPSA) is 17.8 Å². The van der Waals surface area contributed by atoms with Crippen LogP contribution in [0.25, 0.3) is 16.5 Å². The predicted molar refractivity (Wildman–Crippen MR) is 92.7 cm³/mol.